The predicted molar refractivity (Wildman–Crippen MR) is 92.0 cm³/mol. The van der Waals surface area contributed by atoms with Crippen LogP contribution in [0.25, 0.3) is 11.0 Å². The topological polar surface area (TPSA) is 106 Å². The van der Waals surface area contributed by atoms with Gasteiger partial charge in [-0.05, 0) is 45.4 Å². The average molecular weight is 347 g/mol. The van der Waals surface area contributed by atoms with Crippen LogP contribution in [0.5, 0.6) is 5.75 Å². The molecule has 7 heteroatoms. The minimum atomic E-state index is -0.986. The van der Waals surface area contributed by atoms with Crippen LogP contribution in [0.15, 0.2) is 21.3 Å². The SMILES string of the molecule is Cc1c(C)c2ccc(O[C@H](C)C(=O)NCCC(=O)O)c(C)c2oc1=O. The lowest BCUT2D eigenvalue weighted by Crippen LogP contribution is -2.37. The number of nitrogens with one attached hydrogen (secondary N) is 1. The van der Waals surface area contributed by atoms with E-state index >= 15 is 0 Å². The van der Waals surface area contributed by atoms with Gasteiger partial charge in [0.2, 0.25) is 0 Å². The Labute approximate surface area is 144 Å². The number of aliphatic carboxylic acids is 1. The lowest BCUT2D eigenvalue weighted by atomic mass is 10.0. The summed E-state index contributed by atoms with van der Waals surface area (Å²) in [5.74, 6) is -0.970. The fourth-order valence-corrected chi connectivity index (χ4v) is 2.43. The number of carbonyl (C=O) groups excluding carboxylic acids is 1. The van der Waals surface area contributed by atoms with Gasteiger partial charge in [-0.3, -0.25) is 9.59 Å². The Balaban J connectivity index is 2.23. The molecule has 1 aromatic carbocycles. The van der Waals surface area contributed by atoms with Crippen LogP contribution in [0, 0.1) is 20.8 Å². The molecule has 0 saturated carbocycles. The maximum Gasteiger partial charge on any atom is 0.339 e. The Bertz CT molecular complexity index is 883. The molecule has 0 spiro atoms. The van der Waals surface area contributed by atoms with E-state index in [1.165, 1.54) is 0 Å². The third-order valence-electron chi connectivity index (χ3n) is 4.13. The number of aryl methyl sites for hydroxylation is 2. The number of benzene rings is 1. The van der Waals surface area contributed by atoms with Crippen molar-refractivity contribution in [3.63, 3.8) is 0 Å². The van der Waals surface area contributed by atoms with E-state index in [1.807, 2.05) is 6.92 Å². The van der Waals surface area contributed by atoms with Crippen molar-refractivity contribution in [1.82, 2.24) is 5.32 Å². The van der Waals surface area contributed by atoms with Crippen LogP contribution in [0.2, 0.25) is 0 Å². The highest BCUT2D eigenvalue weighted by molar-refractivity contribution is 5.86. The minimum absolute atomic E-state index is 0.0336. The molecule has 7 nitrogen and oxygen atoms in total. The van der Waals surface area contributed by atoms with Gasteiger partial charge in [-0.15, -0.1) is 0 Å². The fraction of sp³-hybridized carbons (Fsp3) is 0.389. The number of carboxylic acids is 1. The van der Waals surface area contributed by atoms with E-state index in [9.17, 15) is 14.4 Å². The van der Waals surface area contributed by atoms with Crippen molar-refractivity contribution < 1.29 is 23.8 Å². The summed E-state index contributed by atoms with van der Waals surface area (Å²) in [5, 5.41) is 11.9. The van der Waals surface area contributed by atoms with Gasteiger partial charge in [-0.1, -0.05) is 0 Å². The van der Waals surface area contributed by atoms with Gasteiger partial charge in [0.1, 0.15) is 11.3 Å². The third kappa shape index (κ3) is 3.99. The molecule has 0 bridgehead atoms. The third-order valence-corrected chi connectivity index (χ3v) is 4.13. The summed E-state index contributed by atoms with van der Waals surface area (Å²) >= 11 is 0. The van der Waals surface area contributed by atoms with Crippen LogP contribution in [0.1, 0.15) is 30.0 Å². The molecule has 0 unspecified atom stereocenters. The normalized spacial score (nSPS) is 12.0. The Morgan fingerprint density at radius 3 is 2.52 bits per heavy atom. The van der Waals surface area contributed by atoms with Crippen LogP contribution in [0.3, 0.4) is 0 Å². The molecule has 0 fully saturated rings. The van der Waals surface area contributed by atoms with Crippen molar-refractivity contribution in [1.29, 1.82) is 0 Å². The zero-order valence-corrected chi connectivity index (χ0v) is 14.6. The monoisotopic (exact) mass is 347 g/mol. The molecule has 0 aliphatic rings. The van der Waals surface area contributed by atoms with E-state index in [4.69, 9.17) is 14.3 Å². The van der Waals surface area contributed by atoms with Crippen LogP contribution in [-0.4, -0.2) is 29.6 Å². The lowest BCUT2D eigenvalue weighted by Gasteiger charge is -2.17. The Hall–Kier alpha value is -2.83. The standard InChI is InChI=1S/C18H21NO6/c1-9-10(2)18(23)25-16-11(3)14(6-5-13(9)16)24-12(4)17(22)19-8-7-15(20)21/h5-6,12H,7-8H2,1-4H3,(H,19,22)(H,20,21)/t12-/m1/s1. The Morgan fingerprint density at radius 2 is 1.88 bits per heavy atom. The zero-order valence-electron chi connectivity index (χ0n) is 14.6. The number of rotatable bonds is 6. The molecule has 1 aromatic heterocycles. The summed E-state index contributed by atoms with van der Waals surface area (Å²) < 4.78 is 11.0. The Morgan fingerprint density at radius 1 is 1.20 bits per heavy atom. The lowest BCUT2D eigenvalue weighted by molar-refractivity contribution is -0.137. The van der Waals surface area contributed by atoms with Crippen molar-refractivity contribution >= 4 is 22.8 Å². The molecule has 1 amide bonds. The summed E-state index contributed by atoms with van der Waals surface area (Å²) in [6.45, 7) is 6.92. The second kappa shape index (κ2) is 7.38. The molecule has 0 saturated heterocycles. The smallest absolute Gasteiger partial charge is 0.339 e. The van der Waals surface area contributed by atoms with Crippen LogP contribution >= 0.6 is 0 Å². The van der Waals surface area contributed by atoms with Crippen LogP contribution < -0.4 is 15.7 Å². The number of fused-ring (bicyclic) bond motifs is 1. The molecular formula is C18H21NO6. The fourth-order valence-electron chi connectivity index (χ4n) is 2.43. The number of hydrogen-bond acceptors (Lipinski definition) is 5. The number of carboxylic acid groups (broad SMARTS) is 1. The molecule has 134 valence electrons. The molecule has 0 aliphatic carbocycles. The van der Waals surface area contributed by atoms with Gasteiger partial charge in [0.25, 0.3) is 5.91 Å². The molecule has 2 rings (SSSR count). The van der Waals surface area contributed by atoms with E-state index in [0.29, 0.717) is 22.5 Å². The molecule has 2 aromatic rings. The van der Waals surface area contributed by atoms with E-state index in [0.717, 1.165) is 10.9 Å². The average Bonchev–Trinajstić information content (AvgIpc) is 2.55. The first-order valence-corrected chi connectivity index (χ1v) is 7.92. The van der Waals surface area contributed by atoms with Crippen molar-refractivity contribution in [2.24, 2.45) is 0 Å². The molecule has 0 aliphatic heterocycles. The van der Waals surface area contributed by atoms with E-state index in [-0.39, 0.29) is 13.0 Å². The number of amides is 1. The second-order valence-corrected chi connectivity index (χ2v) is 5.90. The highest BCUT2D eigenvalue weighted by Crippen LogP contribution is 2.29. The molecule has 0 radical (unpaired) electrons. The van der Waals surface area contributed by atoms with Gasteiger partial charge in [0.15, 0.2) is 6.10 Å². The van der Waals surface area contributed by atoms with Gasteiger partial charge < -0.3 is 19.6 Å². The van der Waals surface area contributed by atoms with Crippen molar-refractivity contribution in [2.45, 2.75) is 40.2 Å². The second-order valence-electron chi connectivity index (χ2n) is 5.90. The summed E-state index contributed by atoms with van der Waals surface area (Å²) in [6.07, 6.45) is -0.972. The summed E-state index contributed by atoms with van der Waals surface area (Å²) in [6, 6.07) is 3.52. The summed E-state index contributed by atoms with van der Waals surface area (Å²) in [5.41, 5.74) is 2.07. The molecule has 2 N–H and O–H groups in total. The maximum atomic E-state index is 12.0. The first kappa shape index (κ1) is 18.5. The molecule has 1 atom stereocenters. The van der Waals surface area contributed by atoms with Crippen LogP contribution in [0.4, 0.5) is 0 Å². The van der Waals surface area contributed by atoms with Crippen molar-refractivity contribution in [3.05, 3.63) is 39.2 Å². The summed E-state index contributed by atoms with van der Waals surface area (Å²) in [4.78, 5) is 34.3. The molecule has 25 heavy (non-hydrogen) atoms. The van der Waals surface area contributed by atoms with Gasteiger partial charge in [0, 0.05) is 23.1 Å². The zero-order chi connectivity index (χ0) is 18.7. The highest BCUT2D eigenvalue weighted by atomic mass is 16.5. The van der Waals surface area contributed by atoms with E-state index < -0.39 is 23.6 Å². The number of carbonyl (C=O) groups is 2. The van der Waals surface area contributed by atoms with Crippen molar-refractivity contribution in [3.8, 4) is 5.75 Å². The minimum Gasteiger partial charge on any atom is -0.481 e. The Kier molecular flexibility index (Phi) is 5.46. The first-order valence-electron chi connectivity index (χ1n) is 7.92. The van der Waals surface area contributed by atoms with Gasteiger partial charge in [-0.2, -0.15) is 0 Å². The van der Waals surface area contributed by atoms with E-state index in [2.05, 4.69) is 5.32 Å². The summed E-state index contributed by atoms with van der Waals surface area (Å²) in [7, 11) is 0. The largest absolute Gasteiger partial charge is 0.481 e. The molecular weight excluding hydrogens is 326 g/mol. The first-order chi connectivity index (χ1) is 11.7. The predicted octanol–water partition coefficient (Wildman–Crippen LogP) is 2.08. The molecule has 1 heterocycles. The van der Waals surface area contributed by atoms with Gasteiger partial charge >= 0.3 is 11.6 Å². The van der Waals surface area contributed by atoms with Gasteiger partial charge in [-0.25, -0.2) is 4.79 Å². The number of ether oxygens (including phenoxy) is 1. The van der Waals surface area contributed by atoms with Crippen molar-refractivity contribution in [2.75, 3.05) is 6.54 Å². The maximum absolute atomic E-state index is 12.0. The van der Waals surface area contributed by atoms with E-state index in [1.54, 1.807) is 32.9 Å². The van der Waals surface area contributed by atoms with Gasteiger partial charge in [0.05, 0.1) is 6.42 Å². The van der Waals surface area contributed by atoms with Crippen LogP contribution in [-0.2, 0) is 9.59 Å². The number of hydrogen-bond donors (Lipinski definition) is 2. The quantitative estimate of drug-likeness (QED) is 0.775. The highest BCUT2D eigenvalue weighted by Gasteiger charge is 2.18.